The summed E-state index contributed by atoms with van der Waals surface area (Å²) >= 11 is 5.71. The number of amides is 2. The highest BCUT2D eigenvalue weighted by Gasteiger charge is 2.16. The molecule has 0 fully saturated rings. The van der Waals surface area contributed by atoms with Gasteiger partial charge in [-0.1, -0.05) is 41.9 Å². The van der Waals surface area contributed by atoms with Crippen LogP contribution >= 0.6 is 11.6 Å². The molecule has 0 heterocycles. The smallest absolute Gasteiger partial charge is 0.319 e. The van der Waals surface area contributed by atoms with Gasteiger partial charge in [-0.3, -0.25) is 10.1 Å². The molecular formula is C14H12ClN3O3. The van der Waals surface area contributed by atoms with Crippen molar-refractivity contribution in [1.82, 2.24) is 5.32 Å². The van der Waals surface area contributed by atoms with Gasteiger partial charge in [0.25, 0.3) is 5.69 Å². The zero-order valence-corrected chi connectivity index (χ0v) is 11.6. The molecule has 2 aromatic carbocycles. The zero-order chi connectivity index (χ0) is 15.2. The Morgan fingerprint density at radius 1 is 1.19 bits per heavy atom. The summed E-state index contributed by atoms with van der Waals surface area (Å²) < 4.78 is 0. The van der Waals surface area contributed by atoms with E-state index >= 15 is 0 Å². The Morgan fingerprint density at radius 3 is 2.57 bits per heavy atom. The number of hydrogen-bond donors (Lipinski definition) is 2. The summed E-state index contributed by atoms with van der Waals surface area (Å²) in [5.74, 6) is 0. The topological polar surface area (TPSA) is 84.3 Å². The number of rotatable bonds is 4. The van der Waals surface area contributed by atoms with Gasteiger partial charge in [0.1, 0.15) is 5.69 Å². The number of anilines is 1. The number of urea groups is 1. The molecule has 0 bridgehead atoms. The molecule has 2 aromatic rings. The summed E-state index contributed by atoms with van der Waals surface area (Å²) in [6, 6.07) is 12.9. The van der Waals surface area contributed by atoms with E-state index in [2.05, 4.69) is 10.6 Å². The third-order valence-electron chi connectivity index (χ3n) is 2.70. The second kappa shape index (κ2) is 6.71. The van der Waals surface area contributed by atoms with Crippen molar-refractivity contribution in [3.8, 4) is 0 Å². The van der Waals surface area contributed by atoms with Crippen molar-refractivity contribution >= 4 is 29.0 Å². The van der Waals surface area contributed by atoms with Gasteiger partial charge in [-0.05, 0) is 17.7 Å². The Morgan fingerprint density at radius 2 is 1.90 bits per heavy atom. The molecule has 0 radical (unpaired) electrons. The fourth-order valence-electron chi connectivity index (χ4n) is 1.71. The van der Waals surface area contributed by atoms with Crippen molar-refractivity contribution in [1.29, 1.82) is 0 Å². The molecule has 0 aromatic heterocycles. The van der Waals surface area contributed by atoms with Crippen molar-refractivity contribution in [2.24, 2.45) is 0 Å². The minimum atomic E-state index is -0.599. The molecule has 108 valence electrons. The van der Waals surface area contributed by atoms with Crippen LogP contribution in [0.1, 0.15) is 5.56 Å². The first-order valence-corrected chi connectivity index (χ1v) is 6.47. The maximum absolute atomic E-state index is 11.8. The maximum atomic E-state index is 11.8. The zero-order valence-electron chi connectivity index (χ0n) is 10.9. The second-order valence-corrected chi connectivity index (χ2v) is 4.65. The molecule has 0 aliphatic rings. The van der Waals surface area contributed by atoms with Crippen LogP contribution in [-0.2, 0) is 6.54 Å². The number of carbonyl (C=O) groups is 1. The highest BCUT2D eigenvalue weighted by molar-refractivity contribution is 6.31. The monoisotopic (exact) mass is 305 g/mol. The van der Waals surface area contributed by atoms with Crippen LogP contribution in [0, 0.1) is 10.1 Å². The summed E-state index contributed by atoms with van der Waals surface area (Å²) in [6.07, 6.45) is 0. The molecule has 0 saturated heterocycles. The van der Waals surface area contributed by atoms with E-state index < -0.39 is 11.0 Å². The molecule has 0 aliphatic heterocycles. The number of halogens is 1. The number of benzene rings is 2. The van der Waals surface area contributed by atoms with E-state index in [0.717, 1.165) is 5.56 Å². The van der Waals surface area contributed by atoms with Crippen molar-refractivity contribution in [3.63, 3.8) is 0 Å². The Labute approximate surface area is 125 Å². The standard InChI is InChI=1S/C14H12ClN3O3/c15-11-6-7-12(13(8-11)18(20)21)17-14(19)16-9-10-4-2-1-3-5-10/h1-8H,9H2,(H2,16,17,19). The molecule has 0 unspecified atom stereocenters. The Balaban J connectivity index is 2.01. The van der Waals surface area contributed by atoms with Gasteiger partial charge in [-0.2, -0.15) is 0 Å². The van der Waals surface area contributed by atoms with E-state index in [4.69, 9.17) is 11.6 Å². The summed E-state index contributed by atoms with van der Waals surface area (Å²) in [6.45, 7) is 0.327. The highest BCUT2D eigenvalue weighted by Crippen LogP contribution is 2.27. The summed E-state index contributed by atoms with van der Waals surface area (Å²) in [5, 5.41) is 16.2. The first kappa shape index (κ1) is 14.8. The minimum absolute atomic E-state index is 0.0926. The summed E-state index contributed by atoms with van der Waals surface area (Å²) in [4.78, 5) is 22.1. The summed E-state index contributed by atoms with van der Waals surface area (Å²) in [7, 11) is 0. The fraction of sp³-hybridized carbons (Fsp3) is 0.0714. The van der Waals surface area contributed by atoms with Crippen molar-refractivity contribution in [2.75, 3.05) is 5.32 Å². The predicted molar refractivity (Wildman–Crippen MR) is 80.4 cm³/mol. The van der Waals surface area contributed by atoms with Gasteiger partial charge in [0.05, 0.1) is 4.92 Å². The Kier molecular flexibility index (Phi) is 4.73. The van der Waals surface area contributed by atoms with E-state index in [1.807, 2.05) is 30.3 Å². The maximum Gasteiger partial charge on any atom is 0.319 e. The van der Waals surface area contributed by atoms with Gasteiger partial charge in [-0.25, -0.2) is 4.79 Å². The average Bonchev–Trinajstić information content (AvgIpc) is 2.48. The lowest BCUT2D eigenvalue weighted by Gasteiger charge is -2.08. The first-order chi connectivity index (χ1) is 10.1. The largest absolute Gasteiger partial charge is 0.334 e. The van der Waals surface area contributed by atoms with Crippen LogP contribution in [0.2, 0.25) is 5.02 Å². The average molecular weight is 306 g/mol. The van der Waals surface area contributed by atoms with Crippen LogP contribution in [-0.4, -0.2) is 11.0 Å². The lowest BCUT2D eigenvalue weighted by molar-refractivity contribution is -0.383. The molecule has 2 N–H and O–H groups in total. The molecule has 21 heavy (non-hydrogen) atoms. The first-order valence-electron chi connectivity index (χ1n) is 6.09. The molecule has 7 heteroatoms. The van der Waals surface area contributed by atoms with Gasteiger partial charge < -0.3 is 10.6 Å². The second-order valence-electron chi connectivity index (χ2n) is 4.21. The SMILES string of the molecule is O=C(NCc1ccccc1)Nc1ccc(Cl)cc1[N+](=O)[O-]. The predicted octanol–water partition coefficient (Wildman–Crippen LogP) is 3.57. The lowest BCUT2D eigenvalue weighted by atomic mass is 10.2. The van der Waals surface area contributed by atoms with Crippen molar-refractivity contribution in [3.05, 3.63) is 69.2 Å². The summed E-state index contributed by atoms with van der Waals surface area (Å²) in [5.41, 5.74) is 0.769. The third-order valence-corrected chi connectivity index (χ3v) is 2.94. The molecule has 0 atom stereocenters. The van der Waals surface area contributed by atoms with E-state index in [9.17, 15) is 14.9 Å². The number of nitro benzene ring substituents is 1. The third kappa shape index (κ3) is 4.19. The minimum Gasteiger partial charge on any atom is -0.334 e. The molecule has 6 nitrogen and oxygen atoms in total. The van der Waals surface area contributed by atoms with Crippen LogP contribution in [0.25, 0.3) is 0 Å². The number of hydrogen-bond acceptors (Lipinski definition) is 3. The van der Waals surface area contributed by atoms with Gasteiger partial charge in [0.2, 0.25) is 0 Å². The molecular weight excluding hydrogens is 294 g/mol. The number of carbonyl (C=O) groups excluding carboxylic acids is 1. The molecule has 0 aliphatic carbocycles. The van der Waals surface area contributed by atoms with Crippen LogP contribution in [0.5, 0.6) is 0 Å². The van der Waals surface area contributed by atoms with Crippen LogP contribution in [0.15, 0.2) is 48.5 Å². The molecule has 2 rings (SSSR count). The lowest BCUT2D eigenvalue weighted by Crippen LogP contribution is -2.28. The van der Waals surface area contributed by atoms with Crippen LogP contribution in [0.4, 0.5) is 16.2 Å². The van der Waals surface area contributed by atoms with Crippen LogP contribution in [0.3, 0.4) is 0 Å². The van der Waals surface area contributed by atoms with Gasteiger partial charge >= 0.3 is 6.03 Å². The van der Waals surface area contributed by atoms with E-state index in [1.165, 1.54) is 18.2 Å². The normalized spacial score (nSPS) is 9.95. The van der Waals surface area contributed by atoms with E-state index in [1.54, 1.807) is 0 Å². The fourth-order valence-corrected chi connectivity index (χ4v) is 1.87. The number of nitrogens with one attached hydrogen (secondary N) is 2. The Hall–Kier alpha value is -2.60. The molecule has 2 amide bonds. The Bertz CT molecular complexity index is 662. The molecule has 0 spiro atoms. The van der Waals surface area contributed by atoms with Gasteiger partial charge in [0, 0.05) is 17.6 Å². The van der Waals surface area contributed by atoms with Gasteiger partial charge in [-0.15, -0.1) is 0 Å². The van der Waals surface area contributed by atoms with Gasteiger partial charge in [0.15, 0.2) is 0 Å². The van der Waals surface area contributed by atoms with E-state index in [0.29, 0.717) is 6.54 Å². The van der Waals surface area contributed by atoms with Crippen molar-refractivity contribution < 1.29 is 9.72 Å². The quantitative estimate of drug-likeness (QED) is 0.669. The van der Waals surface area contributed by atoms with Crippen molar-refractivity contribution in [2.45, 2.75) is 6.54 Å². The highest BCUT2D eigenvalue weighted by atomic mass is 35.5. The van der Waals surface area contributed by atoms with E-state index in [-0.39, 0.29) is 16.4 Å². The number of nitrogens with zero attached hydrogens (tertiary/aromatic N) is 1. The number of nitro groups is 1. The van der Waals surface area contributed by atoms with Crippen LogP contribution < -0.4 is 10.6 Å². The molecule has 0 saturated carbocycles.